The summed E-state index contributed by atoms with van der Waals surface area (Å²) in [6.07, 6.45) is 0. The smallest absolute Gasteiger partial charge is 0.260 e. The summed E-state index contributed by atoms with van der Waals surface area (Å²) in [6.45, 7) is 2.26. The Hall–Kier alpha value is -10.4. The van der Waals surface area contributed by atoms with Crippen LogP contribution in [0.3, 0.4) is 0 Å². The van der Waals surface area contributed by atoms with Crippen molar-refractivity contribution < 1.29 is 14.2 Å². The zero-order chi connectivity index (χ0) is 57.8. The van der Waals surface area contributed by atoms with Crippen molar-refractivity contribution in [1.29, 1.82) is 0 Å². The molecule has 0 aromatic heterocycles. The summed E-state index contributed by atoms with van der Waals surface area (Å²) >= 11 is 1.85. The third kappa shape index (κ3) is 7.20. The number of anilines is 6. The zero-order valence-electron chi connectivity index (χ0n) is 47.8. The van der Waals surface area contributed by atoms with Gasteiger partial charge in [0.2, 0.25) is 0 Å². The van der Waals surface area contributed by atoms with Crippen LogP contribution < -0.4 is 77.5 Å². The molecular weight excluding hydrogens is 1110 g/mol. The van der Waals surface area contributed by atoms with E-state index in [2.05, 4.69) is 302 Å². The van der Waals surface area contributed by atoms with E-state index >= 15 is 0 Å². The van der Waals surface area contributed by atoms with Gasteiger partial charge in [0.25, 0.3) is 13.4 Å². The lowest BCUT2D eigenvalue weighted by atomic mass is 9.35. The Balaban J connectivity index is 0.916. The molecule has 0 atom stereocenters. The summed E-state index contributed by atoms with van der Waals surface area (Å²) in [6, 6.07) is 106. The van der Waals surface area contributed by atoms with E-state index in [0.29, 0.717) is 0 Å². The SMILES string of the molecule is Cc1ccc2c(c1)[Si]1(c3cc(-c4ccccc4)ccc3N2c2cc3c4c(c2)Sc2ccccc2B4c2ccccc2O3)c2cc(-c3ccccc3)ccc2N(c2cc3c4c(c2)Oc2ccccc2B4c2ccccc2O3)c2ccc(-c3ccccc3)cc21. The molecule has 0 bridgehead atoms. The lowest BCUT2D eigenvalue weighted by Gasteiger charge is -2.50. The van der Waals surface area contributed by atoms with Gasteiger partial charge >= 0.3 is 0 Å². The molecular formula is C79H50B2N2O3SSi. The second-order valence-corrected chi connectivity index (χ2v) is 28.6. The van der Waals surface area contributed by atoms with Gasteiger partial charge in [0.1, 0.15) is 34.5 Å². The molecule has 6 heterocycles. The Morgan fingerprint density at radius 3 is 1.12 bits per heavy atom. The van der Waals surface area contributed by atoms with Gasteiger partial charge in [-0.2, -0.15) is 0 Å². The Morgan fingerprint density at radius 2 is 0.659 bits per heavy atom. The standard InChI is InChI=1S/C79H50B2N2O3SSi/c1-49-33-37-62-74(41-49)88(77-44-55(52-23-9-4-10-24-52)36-40-65(77)83(62)57-47-71-79-73(48-57)87-72-32-18-14-28-61(72)81(79)60-27-13-17-31-68(60)86-71)75-42-53(50-19-5-2-6-20-50)34-38-63(75)82(64-39-35-54(43-76(64)88)51-21-7-3-8-22-51)56-45-69-78-70(46-56)85-67-30-16-12-26-59(67)80(78)58-25-11-15-29-66(58)84-69/h2-48H,1H3. The van der Waals surface area contributed by atoms with Crippen LogP contribution in [0.2, 0.25) is 0 Å². The van der Waals surface area contributed by atoms with Crippen molar-refractivity contribution in [2.24, 2.45) is 0 Å². The van der Waals surface area contributed by atoms with Crippen LogP contribution in [0.25, 0.3) is 33.4 Å². The average Bonchev–Trinajstić information content (AvgIpc) is 0.681. The fourth-order valence-electron chi connectivity index (χ4n) is 15.4. The molecule has 88 heavy (non-hydrogen) atoms. The van der Waals surface area contributed by atoms with Crippen molar-refractivity contribution in [3.8, 4) is 67.9 Å². The van der Waals surface area contributed by atoms with Gasteiger partial charge in [-0.25, -0.2) is 0 Å². The minimum absolute atomic E-state index is 0.0464. The maximum absolute atomic E-state index is 7.15. The highest BCUT2D eigenvalue weighted by Gasteiger charge is 2.55. The molecule has 0 unspecified atom stereocenters. The Kier molecular flexibility index (Phi) is 10.8. The number of ether oxygens (including phenoxy) is 3. The second kappa shape index (κ2) is 19.0. The molecule has 0 aliphatic carbocycles. The first kappa shape index (κ1) is 49.8. The fourth-order valence-corrected chi connectivity index (χ4v) is 22.2. The van der Waals surface area contributed by atoms with Crippen LogP contribution in [-0.2, 0) is 0 Å². The molecule has 19 rings (SSSR count). The molecule has 13 aromatic carbocycles. The van der Waals surface area contributed by atoms with Crippen molar-refractivity contribution >= 4 is 121 Å². The summed E-state index contributed by atoms with van der Waals surface area (Å²) in [5, 5.41) is 5.21. The molecule has 9 heteroatoms. The van der Waals surface area contributed by atoms with Crippen LogP contribution in [0.5, 0.6) is 34.5 Å². The van der Waals surface area contributed by atoms with E-state index in [1.807, 2.05) is 11.8 Å². The Labute approximate surface area is 516 Å². The summed E-state index contributed by atoms with van der Waals surface area (Å²) in [4.78, 5) is 7.56. The van der Waals surface area contributed by atoms with E-state index in [0.717, 1.165) is 107 Å². The van der Waals surface area contributed by atoms with Gasteiger partial charge in [0.15, 0.2) is 8.07 Å². The molecule has 0 saturated carbocycles. The Morgan fingerprint density at radius 1 is 0.295 bits per heavy atom. The number of rotatable bonds is 5. The van der Waals surface area contributed by atoms with Crippen LogP contribution >= 0.6 is 11.8 Å². The van der Waals surface area contributed by atoms with Crippen LogP contribution in [0, 0.1) is 6.92 Å². The second-order valence-electron chi connectivity index (χ2n) is 23.9. The number of hydrogen-bond donors (Lipinski definition) is 0. The number of para-hydroxylation sites is 3. The molecule has 5 nitrogen and oxygen atoms in total. The van der Waals surface area contributed by atoms with Gasteiger partial charge < -0.3 is 24.0 Å². The molecule has 6 aliphatic rings. The fraction of sp³-hybridized carbons (Fsp3) is 0.0127. The highest BCUT2D eigenvalue weighted by Crippen LogP contribution is 2.50. The molecule has 13 aromatic rings. The van der Waals surface area contributed by atoms with Crippen LogP contribution in [0.4, 0.5) is 34.1 Å². The molecule has 0 fully saturated rings. The maximum Gasteiger partial charge on any atom is 0.260 e. The predicted octanol–water partition coefficient (Wildman–Crippen LogP) is 13.8. The van der Waals surface area contributed by atoms with Crippen molar-refractivity contribution in [3.05, 3.63) is 291 Å². The number of hydrogen-bond acceptors (Lipinski definition) is 6. The predicted molar refractivity (Wildman–Crippen MR) is 367 cm³/mol. The van der Waals surface area contributed by atoms with Crippen molar-refractivity contribution in [3.63, 3.8) is 0 Å². The minimum atomic E-state index is -3.60. The third-order valence-corrected chi connectivity index (χ3v) is 25.1. The number of nitrogens with zero attached hydrogens (tertiary/aromatic N) is 2. The number of benzene rings is 13. The van der Waals surface area contributed by atoms with E-state index in [9.17, 15) is 0 Å². The van der Waals surface area contributed by atoms with Crippen molar-refractivity contribution in [2.75, 3.05) is 9.80 Å². The van der Waals surface area contributed by atoms with Crippen LogP contribution in [0.1, 0.15) is 5.56 Å². The van der Waals surface area contributed by atoms with Gasteiger partial charge in [0, 0.05) is 56.2 Å². The quantitative estimate of drug-likeness (QED) is 0.160. The first-order valence-corrected chi connectivity index (χ1v) is 33.1. The summed E-state index contributed by atoms with van der Waals surface area (Å²) in [5.74, 6) is 5.11. The zero-order valence-corrected chi connectivity index (χ0v) is 49.6. The average molecular weight is 1160 g/mol. The molecule has 410 valence electrons. The maximum atomic E-state index is 7.15. The summed E-state index contributed by atoms with van der Waals surface area (Å²) < 4.78 is 21.4. The van der Waals surface area contributed by atoms with Gasteiger partial charge in [0.05, 0.1) is 11.4 Å². The van der Waals surface area contributed by atoms with Gasteiger partial charge in [-0.1, -0.05) is 235 Å². The lowest BCUT2D eigenvalue weighted by molar-refractivity contribution is 0.465. The normalized spacial score (nSPS) is 14.2. The van der Waals surface area contributed by atoms with Gasteiger partial charge in [-0.3, -0.25) is 0 Å². The first-order valence-electron chi connectivity index (χ1n) is 30.3. The molecule has 0 radical (unpaired) electrons. The first-order chi connectivity index (χ1) is 43.5. The van der Waals surface area contributed by atoms with Crippen LogP contribution in [0.15, 0.2) is 295 Å². The highest BCUT2D eigenvalue weighted by molar-refractivity contribution is 8.00. The van der Waals surface area contributed by atoms with Gasteiger partial charge in [-0.15, -0.1) is 0 Å². The van der Waals surface area contributed by atoms with E-state index in [1.165, 1.54) is 63.6 Å². The van der Waals surface area contributed by atoms with Crippen LogP contribution in [-0.4, -0.2) is 21.5 Å². The Bertz CT molecular complexity index is 4770. The number of aryl methyl sites for hydroxylation is 1. The molecule has 0 N–H and O–H groups in total. The lowest BCUT2D eigenvalue weighted by Crippen LogP contribution is -2.79. The molecule has 0 saturated heterocycles. The highest BCUT2D eigenvalue weighted by atomic mass is 32.2. The van der Waals surface area contributed by atoms with Crippen molar-refractivity contribution in [2.45, 2.75) is 16.7 Å². The monoisotopic (exact) mass is 1160 g/mol. The van der Waals surface area contributed by atoms with E-state index < -0.39 is 8.07 Å². The molecule has 0 amide bonds. The third-order valence-electron chi connectivity index (χ3n) is 19.1. The van der Waals surface area contributed by atoms with E-state index in [-0.39, 0.29) is 13.4 Å². The topological polar surface area (TPSA) is 34.2 Å². The van der Waals surface area contributed by atoms with E-state index in [1.54, 1.807) is 0 Å². The number of fused-ring (bicyclic) bond motifs is 16. The summed E-state index contributed by atoms with van der Waals surface area (Å²) in [7, 11) is -3.60. The van der Waals surface area contributed by atoms with Gasteiger partial charge in [-0.05, 0) is 137 Å². The van der Waals surface area contributed by atoms with Crippen molar-refractivity contribution in [1.82, 2.24) is 0 Å². The molecule has 6 aliphatic heterocycles. The molecule has 1 spiro atoms. The summed E-state index contributed by atoms with van der Waals surface area (Å²) in [5.41, 5.74) is 21.8. The van der Waals surface area contributed by atoms with E-state index in [4.69, 9.17) is 14.2 Å². The largest absolute Gasteiger partial charge is 0.458 e. The minimum Gasteiger partial charge on any atom is -0.458 e.